The highest BCUT2D eigenvalue weighted by atomic mass is 16.5. The average molecular weight is 397 g/mol. The molecular formula is C24H23N5O. The zero-order chi connectivity index (χ0) is 21.5. The molecule has 3 aromatic rings. The molecule has 0 amide bonds. The van der Waals surface area contributed by atoms with Crippen molar-refractivity contribution in [1.29, 1.82) is 10.5 Å². The molecule has 0 atom stereocenters. The SMILES string of the molecule is Cc1cc(C)c(Oc2cc(NCCC#N)nc(Nc3ccc(C#N)cc3)c2)c(C)c1. The molecule has 1 heterocycles. The van der Waals surface area contributed by atoms with Crippen molar-refractivity contribution in [3.05, 3.63) is 70.8 Å². The highest BCUT2D eigenvalue weighted by Gasteiger charge is 2.10. The van der Waals surface area contributed by atoms with E-state index in [4.69, 9.17) is 15.3 Å². The summed E-state index contributed by atoms with van der Waals surface area (Å²) in [6, 6.07) is 19.2. The van der Waals surface area contributed by atoms with Gasteiger partial charge in [-0.25, -0.2) is 4.98 Å². The summed E-state index contributed by atoms with van der Waals surface area (Å²) in [5, 5.41) is 24.2. The summed E-state index contributed by atoms with van der Waals surface area (Å²) >= 11 is 0. The Morgan fingerprint density at radius 1 is 0.933 bits per heavy atom. The maximum absolute atomic E-state index is 8.97. The van der Waals surface area contributed by atoms with Crippen molar-refractivity contribution in [3.8, 4) is 23.6 Å². The van der Waals surface area contributed by atoms with Gasteiger partial charge < -0.3 is 15.4 Å². The molecule has 0 fully saturated rings. The number of nitriles is 2. The second kappa shape index (κ2) is 9.45. The third kappa shape index (κ3) is 5.27. The van der Waals surface area contributed by atoms with Crippen LogP contribution in [0, 0.1) is 43.4 Å². The maximum Gasteiger partial charge on any atom is 0.136 e. The first-order chi connectivity index (χ1) is 14.5. The molecule has 6 nitrogen and oxygen atoms in total. The molecule has 0 saturated carbocycles. The zero-order valence-corrected chi connectivity index (χ0v) is 17.3. The summed E-state index contributed by atoms with van der Waals surface area (Å²) in [6.07, 6.45) is 0.376. The number of aromatic nitrogens is 1. The number of nitrogens with zero attached hydrogens (tertiary/aromatic N) is 3. The highest BCUT2D eigenvalue weighted by Crippen LogP contribution is 2.32. The van der Waals surface area contributed by atoms with E-state index in [-0.39, 0.29) is 0 Å². The van der Waals surface area contributed by atoms with Crippen LogP contribution in [0.15, 0.2) is 48.5 Å². The van der Waals surface area contributed by atoms with Gasteiger partial charge in [-0.3, -0.25) is 0 Å². The van der Waals surface area contributed by atoms with Crippen LogP contribution >= 0.6 is 0 Å². The summed E-state index contributed by atoms with van der Waals surface area (Å²) in [6.45, 7) is 6.61. The Labute approximate surface area is 176 Å². The van der Waals surface area contributed by atoms with E-state index in [2.05, 4.69) is 46.8 Å². The van der Waals surface area contributed by atoms with E-state index in [1.54, 1.807) is 12.1 Å². The molecule has 0 aliphatic heterocycles. The predicted octanol–water partition coefficient (Wildman–Crippen LogP) is 5.74. The second-order valence-corrected chi connectivity index (χ2v) is 7.05. The minimum absolute atomic E-state index is 0.376. The van der Waals surface area contributed by atoms with Gasteiger partial charge in [0.2, 0.25) is 0 Å². The van der Waals surface area contributed by atoms with Gasteiger partial charge in [0.25, 0.3) is 0 Å². The summed E-state index contributed by atoms with van der Waals surface area (Å²) in [5.41, 5.74) is 4.71. The van der Waals surface area contributed by atoms with Gasteiger partial charge in [-0.15, -0.1) is 0 Å². The van der Waals surface area contributed by atoms with Gasteiger partial charge in [0.05, 0.1) is 24.1 Å². The smallest absolute Gasteiger partial charge is 0.136 e. The fraction of sp³-hybridized carbons (Fsp3) is 0.208. The van der Waals surface area contributed by atoms with E-state index in [0.717, 1.165) is 22.6 Å². The normalized spacial score (nSPS) is 10.0. The lowest BCUT2D eigenvalue weighted by Crippen LogP contribution is -2.05. The summed E-state index contributed by atoms with van der Waals surface area (Å²) < 4.78 is 6.23. The Morgan fingerprint density at radius 3 is 2.23 bits per heavy atom. The van der Waals surface area contributed by atoms with E-state index in [1.165, 1.54) is 5.56 Å². The topological polar surface area (TPSA) is 93.8 Å². The van der Waals surface area contributed by atoms with Crippen molar-refractivity contribution < 1.29 is 4.74 Å². The van der Waals surface area contributed by atoms with Gasteiger partial charge in [0.15, 0.2) is 0 Å². The quantitative estimate of drug-likeness (QED) is 0.494. The van der Waals surface area contributed by atoms with E-state index in [0.29, 0.717) is 35.9 Å². The molecule has 0 bridgehead atoms. The van der Waals surface area contributed by atoms with Crippen molar-refractivity contribution in [2.75, 3.05) is 17.2 Å². The van der Waals surface area contributed by atoms with Crippen molar-refractivity contribution in [3.63, 3.8) is 0 Å². The number of anilines is 3. The molecule has 150 valence electrons. The number of hydrogen-bond acceptors (Lipinski definition) is 6. The van der Waals surface area contributed by atoms with Gasteiger partial charge in [-0.1, -0.05) is 17.7 Å². The zero-order valence-electron chi connectivity index (χ0n) is 17.3. The Kier molecular flexibility index (Phi) is 6.52. The molecule has 0 aliphatic rings. The standard InChI is InChI=1S/C24H23N5O/c1-16-11-17(2)24(18(3)12-16)30-21-13-22(27-10-4-9-25)29-23(14-21)28-20-7-5-19(15-26)6-8-20/h5-8,11-14H,4,10H2,1-3H3,(H2,27,28,29). The third-order valence-electron chi connectivity index (χ3n) is 4.45. The summed E-state index contributed by atoms with van der Waals surface area (Å²) in [5.74, 6) is 2.66. The van der Waals surface area contributed by atoms with E-state index in [9.17, 15) is 0 Å². The van der Waals surface area contributed by atoms with Crippen molar-refractivity contribution in [2.45, 2.75) is 27.2 Å². The number of ether oxygens (including phenoxy) is 1. The highest BCUT2D eigenvalue weighted by molar-refractivity contribution is 5.62. The molecule has 3 rings (SSSR count). The molecular weight excluding hydrogens is 374 g/mol. The van der Waals surface area contributed by atoms with Crippen LogP contribution in [0.3, 0.4) is 0 Å². The minimum atomic E-state index is 0.376. The van der Waals surface area contributed by atoms with E-state index in [1.807, 2.05) is 38.1 Å². The van der Waals surface area contributed by atoms with Gasteiger partial charge in [-0.05, 0) is 56.2 Å². The Bertz CT molecular complexity index is 1100. The Balaban J connectivity index is 1.91. The van der Waals surface area contributed by atoms with E-state index < -0.39 is 0 Å². The molecule has 0 radical (unpaired) electrons. The van der Waals surface area contributed by atoms with E-state index >= 15 is 0 Å². The number of nitrogens with one attached hydrogen (secondary N) is 2. The van der Waals surface area contributed by atoms with Gasteiger partial charge >= 0.3 is 0 Å². The summed E-state index contributed by atoms with van der Waals surface area (Å²) in [7, 11) is 0. The first-order valence-electron chi connectivity index (χ1n) is 9.64. The third-order valence-corrected chi connectivity index (χ3v) is 4.45. The van der Waals surface area contributed by atoms with Gasteiger partial charge in [0.1, 0.15) is 23.1 Å². The molecule has 0 spiro atoms. The van der Waals surface area contributed by atoms with Crippen molar-refractivity contribution in [2.24, 2.45) is 0 Å². The minimum Gasteiger partial charge on any atom is -0.457 e. The first-order valence-corrected chi connectivity index (χ1v) is 9.64. The number of benzene rings is 2. The lowest BCUT2D eigenvalue weighted by molar-refractivity contribution is 0.475. The molecule has 30 heavy (non-hydrogen) atoms. The van der Waals surface area contributed by atoms with Gasteiger partial charge in [0, 0.05) is 24.4 Å². The Morgan fingerprint density at radius 2 is 1.60 bits per heavy atom. The van der Waals surface area contributed by atoms with Crippen LogP contribution in [0.25, 0.3) is 0 Å². The monoisotopic (exact) mass is 397 g/mol. The largest absolute Gasteiger partial charge is 0.457 e. The van der Waals surface area contributed by atoms with Crippen LogP contribution in [-0.4, -0.2) is 11.5 Å². The lowest BCUT2D eigenvalue weighted by atomic mass is 10.1. The number of aryl methyl sites for hydroxylation is 3. The van der Waals surface area contributed by atoms with Gasteiger partial charge in [-0.2, -0.15) is 10.5 Å². The predicted molar refractivity (Wildman–Crippen MR) is 118 cm³/mol. The molecule has 2 N–H and O–H groups in total. The first kappa shape index (κ1) is 20.7. The molecule has 2 aromatic carbocycles. The van der Waals surface area contributed by atoms with Crippen LogP contribution in [0.1, 0.15) is 28.7 Å². The molecule has 1 aromatic heterocycles. The average Bonchev–Trinajstić information content (AvgIpc) is 2.71. The number of rotatable bonds is 7. The second-order valence-electron chi connectivity index (χ2n) is 7.05. The van der Waals surface area contributed by atoms with Crippen LogP contribution in [0.5, 0.6) is 11.5 Å². The van der Waals surface area contributed by atoms with Crippen LogP contribution in [-0.2, 0) is 0 Å². The lowest BCUT2D eigenvalue weighted by Gasteiger charge is -2.15. The van der Waals surface area contributed by atoms with Crippen LogP contribution in [0.2, 0.25) is 0 Å². The molecule has 0 saturated heterocycles. The molecule has 0 aliphatic carbocycles. The van der Waals surface area contributed by atoms with Crippen molar-refractivity contribution >= 4 is 17.3 Å². The maximum atomic E-state index is 8.97. The Hall–Kier alpha value is -4.03. The van der Waals surface area contributed by atoms with Crippen molar-refractivity contribution in [1.82, 2.24) is 4.98 Å². The fourth-order valence-electron chi connectivity index (χ4n) is 3.19. The number of hydrogen-bond donors (Lipinski definition) is 2. The number of pyridine rings is 1. The molecule has 6 heteroatoms. The molecule has 0 unspecified atom stereocenters. The summed E-state index contributed by atoms with van der Waals surface area (Å²) in [4.78, 5) is 4.57. The van der Waals surface area contributed by atoms with Crippen LogP contribution < -0.4 is 15.4 Å². The van der Waals surface area contributed by atoms with Crippen LogP contribution in [0.4, 0.5) is 17.3 Å². The fourth-order valence-corrected chi connectivity index (χ4v) is 3.19.